The molecule has 0 bridgehead atoms. The van der Waals surface area contributed by atoms with Gasteiger partial charge in [0.05, 0.1) is 18.0 Å². The number of hydrogen-bond donors (Lipinski definition) is 2. The number of aromatic nitrogens is 3. The highest BCUT2D eigenvalue weighted by atomic mass is 32.2. The Morgan fingerprint density at radius 1 is 1.53 bits per heavy atom. The van der Waals surface area contributed by atoms with E-state index in [1.54, 1.807) is 18.3 Å². The number of thioether (sulfide) groups is 1. The molecule has 2 aromatic heterocycles. The molecule has 2 N–H and O–H groups in total. The molecule has 0 amide bonds. The van der Waals surface area contributed by atoms with Gasteiger partial charge in [0.25, 0.3) is 0 Å². The minimum atomic E-state index is -1.07. The molecule has 2 atom stereocenters. The van der Waals surface area contributed by atoms with E-state index in [1.165, 1.54) is 17.6 Å². The Bertz CT molecular complexity index is 572. The molecule has 2 aromatic rings. The van der Waals surface area contributed by atoms with E-state index in [2.05, 4.69) is 10.1 Å². The Labute approximate surface area is 114 Å². The molecule has 0 aliphatic heterocycles. The average Bonchev–Trinajstić information content (AvgIpc) is 2.81. The summed E-state index contributed by atoms with van der Waals surface area (Å²) in [6, 6.07) is 3.51. The van der Waals surface area contributed by atoms with Crippen LogP contribution in [0.25, 0.3) is 5.65 Å². The Morgan fingerprint density at radius 2 is 2.32 bits per heavy atom. The van der Waals surface area contributed by atoms with Gasteiger partial charge in [0.15, 0.2) is 10.8 Å². The Kier molecular flexibility index (Phi) is 4.52. The molecule has 0 fully saturated rings. The zero-order chi connectivity index (χ0) is 13.8. The molecule has 0 aliphatic rings. The van der Waals surface area contributed by atoms with Crippen molar-refractivity contribution in [1.29, 1.82) is 0 Å². The molecule has 7 heteroatoms. The minimum absolute atomic E-state index is 0.00170. The average molecular weight is 281 g/mol. The monoisotopic (exact) mass is 281 g/mol. The molecule has 0 saturated heterocycles. The second-order valence-corrected chi connectivity index (χ2v) is 5.39. The quantitative estimate of drug-likeness (QED) is 0.842. The summed E-state index contributed by atoms with van der Waals surface area (Å²) in [5, 5.41) is 24.1. The third kappa shape index (κ3) is 3.31. The third-order valence-corrected chi connectivity index (χ3v) is 3.54. The van der Waals surface area contributed by atoms with E-state index in [-0.39, 0.29) is 5.12 Å². The number of hydrogen-bond acceptors (Lipinski definition) is 6. The fourth-order valence-electron chi connectivity index (χ4n) is 1.73. The molecule has 0 saturated carbocycles. The Morgan fingerprint density at radius 3 is 3.05 bits per heavy atom. The largest absolute Gasteiger partial charge is 0.390 e. The van der Waals surface area contributed by atoms with Crippen molar-refractivity contribution in [1.82, 2.24) is 14.6 Å². The van der Waals surface area contributed by atoms with E-state index >= 15 is 0 Å². The van der Waals surface area contributed by atoms with Crippen molar-refractivity contribution in [3.8, 4) is 0 Å². The summed E-state index contributed by atoms with van der Waals surface area (Å²) in [5.74, 6) is 0.470. The van der Waals surface area contributed by atoms with Gasteiger partial charge in [-0.1, -0.05) is 11.8 Å². The van der Waals surface area contributed by atoms with E-state index in [4.69, 9.17) is 0 Å². The van der Waals surface area contributed by atoms with Crippen LogP contribution in [0.3, 0.4) is 0 Å². The molecule has 2 heterocycles. The van der Waals surface area contributed by atoms with Crippen LogP contribution in [-0.2, 0) is 4.79 Å². The summed E-state index contributed by atoms with van der Waals surface area (Å²) in [5.41, 5.74) is 1.05. The van der Waals surface area contributed by atoms with Crippen LogP contribution in [0.15, 0.2) is 24.5 Å². The number of carbonyl (C=O) groups excluding carboxylic acids is 1. The van der Waals surface area contributed by atoms with Gasteiger partial charge in [-0.3, -0.25) is 4.79 Å². The zero-order valence-electron chi connectivity index (χ0n) is 10.4. The van der Waals surface area contributed by atoms with Crippen LogP contribution in [-0.4, -0.2) is 41.8 Å². The summed E-state index contributed by atoms with van der Waals surface area (Å²) in [6.45, 7) is 1.47. The van der Waals surface area contributed by atoms with Crippen molar-refractivity contribution in [2.75, 3.05) is 5.75 Å². The fraction of sp³-hybridized carbons (Fsp3) is 0.417. The van der Waals surface area contributed by atoms with Crippen LogP contribution < -0.4 is 0 Å². The lowest BCUT2D eigenvalue weighted by Crippen LogP contribution is -2.21. The minimum Gasteiger partial charge on any atom is -0.390 e. The summed E-state index contributed by atoms with van der Waals surface area (Å²) < 4.78 is 1.49. The first kappa shape index (κ1) is 14.0. The highest BCUT2D eigenvalue weighted by molar-refractivity contribution is 8.13. The van der Waals surface area contributed by atoms with E-state index in [0.717, 1.165) is 11.8 Å². The van der Waals surface area contributed by atoms with Crippen molar-refractivity contribution in [2.24, 2.45) is 0 Å². The predicted octanol–water partition coefficient (Wildman–Crippen LogP) is 0.793. The van der Waals surface area contributed by atoms with Crippen LogP contribution in [0, 0.1) is 0 Å². The van der Waals surface area contributed by atoms with Crippen LogP contribution in [0.1, 0.15) is 25.1 Å². The lowest BCUT2D eigenvalue weighted by molar-refractivity contribution is -0.109. The van der Waals surface area contributed by atoms with Crippen molar-refractivity contribution in [3.05, 3.63) is 30.2 Å². The molecule has 0 aliphatic carbocycles. The number of nitrogens with zero attached hydrogens (tertiary/aromatic N) is 3. The fourth-order valence-corrected chi connectivity index (χ4v) is 2.37. The molecule has 0 aromatic carbocycles. The van der Waals surface area contributed by atoms with Gasteiger partial charge in [-0.05, 0) is 18.6 Å². The number of rotatable bonds is 5. The van der Waals surface area contributed by atoms with E-state index in [1.807, 2.05) is 0 Å². The van der Waals surface area contributed by atoms with Gasteiger partial charge in [-0.25, -0.2) is 9.50 Å². The van der Waals surface area contributed by atoms with Gasteiger partial charge in [0, 0.05) is 18.9 Å². The molecule has 6 nitrogen and oxygen atoms in total. The number of aliphatic hydroxyl groups excluding tert-OH is 2. The van der Waals surface area contributed by atoms with Gasteiger partial charge < -0.3 is 10.2 Å². The lowest BCUT2D eigenvalue weighted by atomic mass is 10.1. The first-order valence-electron chi connectivity index (χ1n) is 5.87. The number of carbonyl (C=O) groups is 1. The van der Waals surface area contributed by atoms with Crippen LogP contribution in [0.2, 0.25) is 0 Å². The van der Waals surface area contributed by atoms with Crippen LogP contribution in [0.5, 0.6) is 0 Å². The first-order valence-corrected chi connectivity index (χ1v) is 6.86. The highest BCUT2D eigenvalue weighted by Crippen LogP contribution is 2.20. The third-order valence-electron chi connectivity index (χ3n) is 2.69. The standard InChI is InChI=1S/C12H15N3O3S/c1-8(16)19-6-4-10(17)12(18)9-7-13-11-3-2-5-14-15(9)11/h2-3,5,7,10,12,17-18H,4,6H2,1H3. The second kappa shape index (κ2) is 6.14. The molecular formula is C12H15N3O3S. The van der Waals surface area contributed by atoms with Gasteiger partial charge in [-0.15, -0.1) is 0 Å². The van der Waals surface area contributed by atoms with Crippen molar-refractivity contribution < 1.29 is 15.0 Å². The smallest absolute Gasteiger partial charge is 0.185 e. The number of aliphatic hydroxyl groups is 2. The van der Waals surface area contributed by atoms with E-state index < -0.39 is 12.2 Å². The van der Waals surface area contributed by atoms with Gasteiger partial charge in [-0.2, -0.15) is 5.10 Å². The second-order valence-electron chi connectivity index (χ2n) is 4.12. The van der Waals surface area contributed by atoms with Crippen molar-refractivity contribution in [2.45, 2.75) is 25.6 Å². The van der Waals surface area contributed by atoms with Crippen molar-refractivity contribution >= 4 is 22.5 Å². The summed E-state index contributed by atoms with van der Waals surface area (Å²) in [7, 11) is 0. The highest BCUT2D eigenvalue weighted by Gasteiger charge is 2.22. The van der Waals surface area contributed by atoms with Gasteiger partial charge in [0.2, 0.25) is 0 Å². The summed E-state index contributed by atoms with van der Waals surface area (Å²) >= 11 is 1.13. The van der Waals surface area contributed by atoms with E-state index in [9.17, 15) is 15.0 Å². The number of fused-ring (bicyclic) bond motifs is 1. The first-order chi connectivity index (χ1) is 9.09. The SMILES string of the molecule is CC(=O)SCCC(O)C(O)c1cnc2cccnn12. The topological polar surface area (TPSA) is 87.7 Å². The molecular weight excluding hydrogens is 266 g/mol. The summed E-state index contributed by atoms with van der Waals surface area (Å²) in [4.78, 5) is 14.9. The molecule has 2 rings (SSSR count). The molecule has 102 valence electrons. The van der Waals surface area contributed by atoms with Crippen molar-refractivity contribution in [3.63, 3.8) is 0 Å². The zero-order valence-corrected chi connectivity index (χ0v) is 11.2. The maximum absolute atomic E-state index is 10.8. The molecule has 2 unspecified atom stereocenters. The summed E-state index contributed by atoms with van der Waals surface area (Å²) in [6.07, 6.45) is 1.38. The molecule has 0 radical (unpaired) electrons. The maximum atomic E-state index is 10.8. The maximum Gasteiger partial charge on any atom is 0.185 e. The van der Waals surface area contributed by atoms with Crippen LogP contribution in [0.4, 0.5) is 0 Å². The van der Waals surface area contributed by atoms with Gasteiger partial charge >= 0.3 is 0 Å². The predicted molar refractivity (Wildman–Crippen MR) is 71.7 cm³/mol. The van der Waals surface area contributed by atoms with E-state index in [0.29, 0.717) is 23.5 Å². The molecule has 19 heavy (non-hydrogen) atoms. The lowest BCUT2D eigenvalue weighted by Gasteiger charge is -2.16. The normalized spacial score (nSPS) is 14.5. The number of imidazole rings is 1. The Balaban J connectivity index is 2.06. The Hall–Kier alpha value is -1.44. The molecule has 0 spiro atoms. The van der Waals surface area contributed by atoms with Gasteiger partial charge in [0.1, 0.15) is 6.10 Å². The van der Waals surface area contributed by atoms with Crippen LogP contribution >= 0.6 is 11.8 Å².